The largest absolute Gasteiger partial charge is 0.390 e. The van der Waals surface area contributed by atoms with Crippen LogP contribution in [0.4, 0.5) is 5.95 Å². The highest BCUT2D eigenvalue weighted by molar-refractivity contribution is 5.95. The number of hydrogen-bond acceptors (Lipinski definition) is 6. The van der Waals surface area contributed by atoms with E-state index in [4.69, 9.17) is 9.72 Å². The van der Waals surface area contributed by atoms with Gasteiger partial charge in [0.05, 0.1) is 30.1 Å². The van der Waals surface area contributed by atoms with E-state index < -0.39 is 5.60 Å². The number of morpholine rings is 1. The zero-order chi connectivity index (χ0) is 20.3. The number of amides is 1. The van der Waals surface area contributed by atoms with Crippen molar-refractivity contribution in [1.82, 2.24) is 15.3 Å². The standard InChI is InChI=1S/C23H32N4O3/c28-21(25-19-16-8-14-9-17(19)12-23(29,10-14)11-16)18-13-24-22(27-4-6-30-7-5-27)26-20(18)15-2-1-3-15/h13-17,19,29H,1-12H2,(H,25,28)/t14?,16?,17?,19-,23+. The highest BCUT2D eigenvalue weighted by Gasteiger charge is 2.55. The summed E-state index contributed by atoms with van der Waals surface area (Å²) in [6, 6.07) is 0.183. The SMILES string of the molecule is O=C(N[C@H]1C2CC3CC1C[C@@](O)(C3)C2)c1cnc(N2CCOCC2)nc1C1CCC1. The third-order valence-electron chi connectivity index (χ3n) is 8.37. The minimum atomic E-state index is -0.474. The van der Waals surface area contributed by atoms with Crippen LogP contribution in [0.3, 0.4) is 0 Å². The van der Waals surface area contributed by atoms with Gasteiger partial charge in [0, 0.05) is 31.2 Å². The van der Waals surface area contributed by atoms with E-state index >= 15 is 0 Å². The van der Waals surface area contributed by atoms with Gasteiger partial charge >= 0.3 is 0 Å². The van der Waals surface area contributed by atoms with E-state index in [1.807, 2.05) is 0 Å². The van der Waals surface area contributed by atoms with Crippen LogP contribution in [0.1, 0.15) is 73.3 Å². The van der Waals surface area contributed by atoms with Crippen LogP contribution in [0.5, 0.6) is 0 Å². The zero-order valence-corrected chi connectivity index (χ0v) is 17.6. The summed E-state index contributed by atoms with van der Waals surface area (Å²) in [5.41, 5.74) is 1.11. The Morgan fingerprint density at radius 1 is 1.17 bits per heavy atom. The third-order valence-corrected chi connectivity index (χ3v) is 8.37. The molecule has 5 aliphatic carbocycles. The van der Waals surface area contributed by atoms with Crippen molar-refractivity contribution in [1.29, 1.82) is 0 Å². The molecule has 2 atom stereocenters. The molecule has 0 radical (unpaired) electrons. The number of hydrogen-bond donors (Lipinski definition) is 2. The predicted octanol–water partition coefficient (Wildman–Crippen LogP) is 2.25. The Balaban J connectivity index is 1.24. The molecule has 7 rings (SSSR count). The van der Waals surface area contributed by atoms with Crippen molar-refractivity contribution < 1.29 is 14.6 Å². The number of nitrogens with one attached hydrogen (secondary N) is 1. The summed E-state index contributed by atoms with van der Waals surface area (Å²) in [6.07, 6.45) is 10.1. The summed E-state index contributed by atoms with van der Waals surface area (Å²) in [5, 5.41) is 14.2. The fraction of sp³-hybridized carbons (Fsp3) is 0.783. The molecule has 4 bridgehead atoms. The van der Waals surface area contributed by atoms with Crippen molar-refractivity contribution in [2.24, 2.45) is 17.8 Å². The van der Waals surface area contributed by atoms with E-state index in [1.54, 1.807) is 6.20 Å². The minimum absolute atomic E-state index is 0.0186. The molecule has 1 aromatic rings. The van der Waals surface area contributed by atoms with Crippen molar-refractivity contribution >= 4 is 11.9 Å². The number of rotatable bonds is 4. The van der Waals surface area contributed by atoms with E-state index in [0.717, 1.165) is 69.7 Å². The number of aromatic nitrogens is 2. The van der Waals surface area contributed by atoms with E-state index in [2.05, 4.69) is 15.2 Å². The van der Waals surface area contributed by atoms with Crippen LogP contribution in [0.15, 0.2) is 6.20 Å². The van der Waals surface area contributed by atoms with Crippen LogP contribution >= 0.6 is 0 Å². The first kappa shape index (κ1) is 19.0. The first-order chi connectivity index (χ1) is 14.6. The second kappa shape index (κ2) is 7.16. The van der Waals surface area contributed by atoms with Gasteiger partial charge in [-0.25, -0.2) is 9.97 Å². The molecular formula is C23H32N4O3. The van der Waals surface area contributed by atoms with Gasteiger partial charge in [-0.1, -0.05) is 6.42 Å². The van der Waals surface area contributed by atoms with E-state index in [9.17, 15) is 9.90 Å². The maximum Gasteiger partial charge on any atom is 0.254 e. The third kappa shape index (κ3) is 3.21. The molecule has 7 heteroatoms. The maximum atomic E-state index is 13.4. The Morgan fingerprint density at radius 2 is 1.90 bits per heavy atom. The average Bonchev–Trinajstić information content (AvgIpc) is 2.69. The van der Waals surface area contributed by atoms with Crippen LogP contribution in [0.25, 0.3) is 0 Å². The molecule has 1 aliphatic heterocycles. The van der Waals surface area contributed by atoms with Crippen molar-refractivity contribution in [3.63, 3.8) is 0 Å². The molecule has 2 heterocycles. The first-order valence-corrected chi connectivity index (χ1v) is 11.8. The first-order valence-electron chi connectivity index (χ1n) is 11.8. The molecule has 6 aliphatic rings. The van der Waals surface area contributed by atoms with Crippen molar-refractivity contribution in [2.75, 3.05) is 31.2 Å². The quantitative estimate of drug-likeness (QED) is 0.789. The lowest BCUT2D eigenvalue weighted by Crippen LogP contribution is -2.61. The van der Waals surface area contributed by atoms with Gasteiger partial charge < -0.3 is 20.1 Å². The Bertz CT molecular complexity index is 820. The average molecular weight is 413 g/mol. The molecule has 1 saturated heterocycles. The molecule has 1 amide bonds. The van der Waals surface area contributed by atoms with Crippen LogP contribution in [-0.2, 0) is 4.74 Å². The summed E-state index contributed by atoms with van der Waals surface area (Å²) < 4.78 is 5.45. The van der Waals surface area contributed by atoms with Crippen molar-refractivity contribution in [3.05, 3.63) is 17.5 Å². The minimum Gasteiger partial charge on any atom is -0.390 e. The lowest BCUT2D eigenvalue weighted by molar-refractivity contribution is -0.136. The van der Waals surface area contributed by atoms with Gasteiger partial charge in [0.1, 0.15) is 0 Å². The monoisotopic (exact) mass is 412 g/mol. The van der Waals surface area contributed by atoms with E-state index in [-0.39, 0.29) is 11.9 Å². The summed E-state index contributed by atoms with van der Waals surface area (Å²) in [4.78, 5) is 25.0. The molecule has 0 spiro atoms. The van der Waals surface area contributed by atoms with E-state index in [1.165, 1.54) is 6.42 Å². The molecule has 2 N–H and O–H groups in total. The summed E-state index contributed by atoms with van der Waals surface area (Å²) in [7, 11) is 0. The molecular weight excluding hydrogens is 380 g/mol. The number of carbonyl (C=O) groups is 1. The number of anilines is 1. The van der Waals surface area contributed by atoms with Gasteiger partial charge in [-0.3, -0.25) is 4.79 Å². The smallest absolute Gasteiger partial charge is 0.254 e. The predicted molar refractivity (Wildman–Crippen MR) is 111 cm³/mol. The molecule has 1 aromatic heterocycles. The van der Waals surface area contributed by atoms with Crippen LogP contribution < -0.4 is 10.2 Å². The van der Waals surface area contributed by atoms with Crippen LogP contribution in [0, 0.1) is 17.8 Å². The van der Waals surface area contributed by atoms with E-state index in [0.29, 0.717) is 42.4 Å². The lowest BCUT2D eigenvalue weighted by Gasteiger charge is -2.58. The van der Waals surface area contributed by atoms with Gasteiger partial charge in [0.2, 0.25) is 5.95 Å². The Morgan fingerprint density at radius 3 is 2.53 bits per heavy atom. The number of carbonyl (C=O) groups excluding carboxylic acids is 1. The van der Waals surface area contributed by atoms with Gasteiger partial charge in [0.15, 0.2) is 0 Å². The maximum absolute atomic E-state index is 13.4. The molecule has 0 aromatic carbocycles. The second-order valence-electron chi connectivity index (χ2n) is 10.4. The van der Waals surface area contributed by atoms with Crippen LogP contribution in [-0.4, -0.2) is 58.9 Å². The summed E-state index contributed by atoms with van der Waals surface area (Å²) in [5.74, 6) is 2.54. The Labute approximate surface area is 177 Å². The molecule has 5 saturated carbocycles. The summed E-state index contributed by atoms with van der Waals surface area (Å²) >= 11 is 0. The summed E-state index contributed by atoms with van der Waals surface area (Å²) in [6.45, 7) is 2.99. The van der Waals surface area contributed by atoms with Gasteiger partial charge in [-0.2, -0.15) is 0 Å². The highest BCUT2D eigenvalue weighted by atomic mass is 16.5. The van der Waals surface area contributed by atoms with Gasteiger partial charge in [0.25, 0.3) is 5.91 Å². The fourth-order valence-electron chi connectivity index (χ4n) is 6.91. The molecule has 162 valence electrons. The lowest BCUT2D eigenvalue weighted by atomic mass is 9.52. The Hall–Kier alpha value is -1.73. The zero-order valence-electron chi connectivity index (χ0n) is 17.6. The highest BCUT2D eigenvalue weighted by Crippen LogP contribution is 2.55. The number of aliphatic hydroxyl groups is 1. The number of nitrogens with zero attached hydrogens (tertiary/aromatic N) is 3. The molecule has 6 fully saturated rings. The molecule has 7 nitrogen and oxygen atoms in total. The fourth-order valence-corrected chi connectivity index (χ4v) is 6.91. The van der Waals surface area contributed by atoms with Crippen molar-refractivity contribution in [3.8, 4) is 0 Å². The topological polar surface area (TPSA) is 87.6 Å². The Kier molecular flexibility index (Phi) is 4.53. The van der Waals surface area contributed by atoms with Gasteiger partial charge in [-0.15, -0.1) is 0 Å². The normalized spacial score (nSPS) is 37.8. The molecule has 30 heavy (non-hydrogen) atoms. The van der Waals surface area contributed by atoms with Crippen molar-refractivity contribution in [2.45, 2.75) is 68.9 Å². The number of ether oxygens (including phenoxy) is 1. The van der Waals surface area contributed by atoms with Crippen LogP contribution in [0.2, 0.25) is 0 Å². The second-order valence-corrected chi connectivity index (χ2v) is 10.4. The van der Waals surface area contributed by atoms with Gasteiger partial charge in [-0.05, 0) is 62.7 Å². The molecule has 2 unspecified atom stereocenters.